The lowest BCUT2D eigenvalue weighted by Gasteiger charge is -2.22. The molecule has 0 bridgehead atoms. The molecule has 0 fully saturated rings. The third kappa shape index (κ3) is 5.34. The topological polar surface area (TPSA) is 59.9 Å². The molecule has 5 nitrogen and oxygen atoms in total. The Kier molecular flexibility index (Phi) is 6.39. The molecule has 2 aromatic carbocycles. The lowest BCUT2D eigenvalue weighted by Crippen LogP contribution is -2.26. The lowest BCUT2D eigenvalue weighted by atomic mass is 9.86. The molecule has 26 heavy (non-hydrogen) atoms. The zero-order valence-electron chi connectivity index (χ0n) is 16.0. The highest BCUT2D eigenvalue weighted by Crippen LogP contribution is 2.30. The van der Waals surface area contributed by atoms with Crippen LogP contribution in [0.1, 0.15) is 38.8 Å². The summed E-state index contributed by atoms with van der Waals surface area (Å²) in [4.78, 5) is 12.1. The van der Waals surface area contributed by atoms with Crippen molar-refractivity contribution in [3.8, 4) is 11.5 Å². The van der Waals surface area contributed by atoms with Crippen molar-refractivity contribution in [1.29, 1.82) is 0 Å². The predicted molar refractivity (Wildman–Crippen MR) is 104 cm³/mol. The third-order valence-electron chi connectivity index (χ3n) is 3.91. The van der Waals surface area contributed by atoms with E-state index in [0.29, 0.717) is 11.5 Å². The van der Waals surface area contributed by atoms with Crippen LogP contribution in [0.3, 0.4) is 0 Å². The summed E-state index contributed by atoms with van der Waals surface area (Å²) in [5, 5.41) is 4.13. The standard InChI is InChI=1S/C21H26N2O3/c1-15(16-10-12-17(25-5)13-11-16)22-23-20(24)14-26-19-9-7-6-8-18(19)21(2,3)4/h6-13H,14H2,1-5H3,(H,23,24). The number of rotatable bonds is 6. The van der Waals surface area contributed by atoms with E-state index in [0.717, 1.165) is 16.9 Å². The average molecular weight is 354 g/mol. The number of methoxy groups -OCH3 is 1. The van der Waals surface area contributed by atoms with Crippen molar-refractivity contribution in [2.45, 2.75) is 33.1 Å². The molecule has 138 valence electrons. The Morgan fingerprint density at radius 2 is 1.73 bits per heavy atom. The van der Waals surface area contributed by atoms with Gasteiger partial charge in [-0.3, -0.25) is 4.79 Å². The maximum absolute atomic E-state index is 12.1. The maximum Gasteiger partial charge on any atom is 0.277 e. The van der Waals surface area contributed by atoms with E-state index in [1.807, 2.05) is 55.5 Å². The molecule has 2 rings (SSSR count). The molecule has 0 aliphatic heterocycles. The quantitative estimate of drug-likeness (QED) is 0.632. The number of nitrogens with zero attached hydrogens (tertiary/aromatic N) is 1. The first-order chi connectivity index (χ1) is 12.3. The van der Waals surface area contributed by atoms with Crippen LogP contribution in [-0.2, 0) is 10.2 Å². The number of hydrogen-bond donors (Lipinski definition) is 1. The molecular formula is C21H26N2O3. The van der Waals surface area contributed by atoms with Crippen molar-refractivity contribution in [3.63, 3.8) is 0 Å². The Labute approximate surface area is 155 Å². The van der Waals surface area contributed by atoms with Crippen LogP contribution in [-0.4, -0.2) is 25.3 Å². The minimum Gasteiger partial charge on any atom is -0.497 e. The van der Waals surface area contributed by atoms with Gasteiger partial charge in [-0.1, -0.05) is 39.0 Å². The number of hydrazone groups is 1. The Balaban J connectivity index is 1.95. The number of carbonyl (C=O) groups excluding carboxylic acids is 1. The van der Waals surface area contributed by atoms with Crippen LogP contribution in [0.5, 0.6) is 11.5 Å². The number of ether oxygens (including phenoxy) is 2. The first-order valence-electron chi connectivity index (χ1n) is 8.51. The molecule has 0 radical (unpaired) electrons. The highest BCUT2D eigenvalue weighted by atomic mass is 16.5. The summed E-state index contributed by atoms with van der Waals surface area (Å²) in [6.07, 6.45) is 0. The molecule has 0 aromatic heterocycles. The highest BCUT2D eigenvalue weighted by molar-refractivity contribution is 5.99. The van der Waals surface area contributed by atoms with Gasteiger partial charge >= 0.3 is 0 Å². The van der Waals surface area contributed by atoms with E-state index in [1.165, 1.54) is 0 Å². The van der Waals surface area contributed by atoms with Crippen LogP contribution in [0.4, 0.5) is 0 Å². The first-order valence-corrected chi connectivity index (χ1v) is 8.51. The zero-order chi connectivity index (χ0) is 19.2. The van der Waals surface area contributed by atoms with Gasteiger partial charge in [0, 0.05) is 0 Å². The molecule has 1 amide bonds. The molecule has 0 aliphatic rings. The Bertz CT molecular complexity index is 775. The number of amides is 1. The van der Waals surface area contributed by atoms with E-state index < -0.39 is 0 Å². The maximum atomic E-state index is 12.1. The van der Waals surface area contributed by atoms with Gasteiger partial charge in [0.2, 0.25) is 0 Å². The molecule has 0 saturated heterocycles. The minimum absolute atomic E-state index is 0.0593. The summed E-state index contributed by atoms with van der Waals surface area (Å²) in [5.41, 5.74) is 5.14. The second-order valence-corrected chi connectivity index (χ2v) is 7.00. The fourth-order valence-electron chi connectivity index (χ4n) is 2.43. The van der Waals surface area contributed by atoms with Gasteiger partial charge < -0.3 is 9.47 Å². The van der Waals surface area contributed by atoms with Crippen LogP contribution in [0.15, 0.2) is 53.6 Å². The van der Waals surface area contributed by atoms with E-state index in [2.05, 4.69) is 31.3 Å². The summed E-state index contributed by atoms with van der Waals surface area (Å²) in [6.45, 7) is 8.07. The Hall–Kier alpha value is -2.82. The van der Waals surface area contributed by atoms with Gasteiger partial charge in [0.25, 0.3) is 5.91 Å². The smallest absolute Gasteiger partial charge is 0.277 e. The van der Waals surface area contributed by atoms with Gasteiger partial charge in [0.05, 0.1) is 12.8 Å². The molecule has 0 unspecified atom stereocenters. The van der Waals surface area contributed by atoms with Crippen LogP contribution in [0.2, 0.25) is 0 Å². The monoisotopic (exact) mass is 354 g/mol. The van der Waals surface area contributed by atoms with E-state index in [1.54, 1.807) is 7.11 Å². The van der Waals surface area contributed by atoms with Crippen LogP contribution >= 0.6 is 0 Å². The van der Waals surface area contributed by atoms with Gasteiger partial charge in [0.15, 0.2) is 6.61 Å². The van der Waals surface area contributed by atoms with Crippen molar-refractivity contribution >= 4 is 11.6 Å². The van der Waals surface area contributed by atoms with Crippen molar-refractivity contribution < 1.29 is 14.3 Å². The second-order valence-electron chi connectivity index (χ2n) is 7.00. The van der Waals surface area contributed by atoms with E-state index in [-0.39, 0.29) is 17.9 Å². The van der Waals surface area contributed by atoms with Crippen molar-refractivity contribution in [3.05, 3.63) is 59.7 Å². The van der Waals surface area contributed by atoms with Gasteiger partial charge in [-0.2, -0.15) is 5.10 Å². The van der Waals surface area contributed by atoms with E-state index in [9.17, 15) is 4.79 Å². The predicted octanol–water partition coefficient (Wildman–Crippen LogP) is 3.91. The molecule has 1 N–H and O–H groups in total. The van der Waals surface area contributed by atoms with Crippen LogP contribution < -0.4 is 14.9 Å². The number of hydrogen-bond acceptors (Lipinski definition) is 4. The molecular weight excluding hydrogens is 328 g/mol. The number of carbonyl (C=O) groups is 1. The van der Waals surface area contributed by atoms with Gasteiger partial charge in [-0.05, 0) is 53.8 Å². The summed E-state index contributed by atoms with van der Waals surface area (Å²) < 4.78 is 10.8. The average Bonchev–Trinajstić information content (AvgIpc) is 2.64. The Morgan fingerprint density at radius 3 is 2.35 bits per heavy atom. The van der Waals surface area contributed by atoms with Gasteiger partial charge in [-0.15, -0.1) is 0 Å². The summed E-state index contributed by atoms with van der Waals surface area (Å²) in [5.74, 6) is 1.18. The van der Waals surface area contributed by atoms with Gasteiger partial charge in [-0.25, -0.2) is 5.43 Å². The van der Waals surface area contributed by atoms with Gasteiger partial charge in [0.1, 0.15) is 11.5 Å². The summed E-state index contributed by atoms with van der Waals surface area (Å²) >= 11 is 0. The Morgan fingerprint density at radius 1 is 1.08 bits per heavy atom. The normalized spacial score (nSPS) is 11.8. The fourth-order valence-corrected chi connectivity index (χ4v) is 2.43. The van der Waals surface area contributed by atoms with Crippen LogP contribution in [0, 0.1) is 0 Å². The molecule has 0 saturated carbocycles. The van der Waals surface area contributed by atoms with E-state index in [4.69, 9.17) is 9.47 Å². The first kappa shape index (κ1) is 19.5. The number of nitrogens with one attached hydrogen (secondary N) is 1. The van der Waals surface area contributed by atoms with Crippen molar-refractivity contribution in [2.24, 2.45) is 5.10 Å². The molecule has 0 atom stereocenters. The van der Waals surface area contributed by atoms with Crippen LogP contribution in [0.25, 0.3) is 0 Å². The molecule has 0 heterocycles. The summed E-state index contributed by atoms with van der Waals surface area (Å²) in [7, 11) is 1.62. The third-order valence-corrected chi connectivity index (χ3v) is 3.91. The zero-order valence-corrected chi connectivity index (χ0v) is 16.0. The number of para-hydroxylation sites is 1. The minimum atomic E-state index is -0.304. The largest absolute Gasteiger partial charge is 0.497 e. The fraction of sp³-hybridized carbons (Fsp3) is 0.333. The molecule has 0 aliphatic carbocycles. The highest BCUT2D eigenvalue weighted by Gasteiger charge is 2.18. The SMILES string of the molecule is COc1ccc(C(C)=NNC(=O)COc2ccccc2C(C)(C)C)cc1. The lowest BCUT2D eigenvalue weighted by molar-refractivity contribution is -0.123. The second kappa shape index (κ2) is 8.52. The van der Waals surface area contributed by atoms with Crippen molar-refractivity contribution in [2.75, 3.05) is 13.7 Å². The number of benzene rings is 2. The molecule has 5 heteroatoms. The van der Waals surface area contributed by atoms with Crippen molar-refractivity contribution in [1.82, 2.24) is 5.43 Å². The van der Waals surface area contributed by atoms with E-state index >= 15 is 0 Å². The summed E-state index contributed by atoms with van der Waals surface area (Å²) in [6, 6.07) is 15.2. The molecule has 0 spiro atoms. The molecule has 2 aromatic rings.